The van der Waals surface area contributed by atoms with Gasteiger partial charge in [0.25, 0.3) is 0 Å². The van der Waals surface area contributed by atoms with Gasteiger partial charge in [-0.25, -0.2) is 4.98 Å². The van der Waals surface area contributed by atoms with Crippen LogP contribution in [0, 0.1) is 13.8 Å². The maximum absolute atomic E-state index is 5.05. The summed E-state index contributed by atoms with van der Waals surface area (Å²) in [5.41, 5.74) is 11.7. The smallest absolute Gasteiger partial charge is 0.138 e. The fourth-order valence-electron chi connectivity index (χ4n) is 3.95. The summed E-state index contributed by atoms with van der Waals surface area (Å²) in [5, 5.41) is 0. The molecule has 0 saturated carbocycles. The van der Waals surface area contributed by atoms with Crippen LogP contribution >= 0.6 is 0 Å². The Balaban J connectivity index is 1.97. The van der Waals surface area contributed by atoms with Gasteiger partial charge in [-0.05, 0) is 61.6 Å². The molecule has 2 aromatic carbocycles. The topological polar surface area (TPSA) is 17.3 Å². The van der Waals surface area contributed by atoms with E-state index in [4.69, 9.17) is 4.98 Å². The molecular formula is C26H26N2. The standard InChI is InChI=1S/C26H26N2/c1-6-24-26(27-25-16-20(17(2)3)13-14-28(24)25)23-10-8-7-9-22(23)21-12-11-18(4)15-19(21)5/h7-16H,2,6H2,1,3-5H3. The Kier molecular flexibility index (Phi) is 4.64. The number of pyridine rings is 1. The van der Waals surface area contributed by atoms with E-state index in [0.29, 0.717) is 0 Å². The van der Waals surface area contributed by atoms with Crippen LogP contribution in [0.1, 0.15) is 36.2 Å². The van der Waals surface area contributed by atoms with Crippen LogP contribution in [0.15, 0.2) is 67.4 Å². The Labute approximate surface area is 167 Å². The number of hydrogen-bond acceptors (Lipinski definition) is 1. The number of nitrogens with zero attached hydrogens (tertiary/aromatic N) is 2. The van der Waals surface area contributed by atoms with Crippen molar-refractivity contribution in [2.45, 2.75) is 34.1 Å². The summed E-state index contributed by atoms with van der Waals surface area (Å²) in [6, 6.07) is 19.5. The summed E-state index contributed by atoms with van der Waals surface area (Å²) >= 11 is 0. The molecule has 0 aliphatic rings. The highest BCUT2D eigenvalue weighted by molar-refractivity contribution is 5.85. The van der Waals surface area contributed by atoms with Gasteiger partial charge in [-0.1, -0.05) is 67.1 Å². The highest BCUT2D eigenvalue weighted by Gasteiger charge is 2.17. The first kappa shape index (κ1) is 18.2. The van der Waals surface area contributed by atoms with Crippen LogP contribution in [0.4, 0.5) is 0 Å². The quantitative estimate of drug-likeness (QED) is 0.385. The summed E-state index contributed by atoms with van der Waals surface area (Å²) in [7, 11) is 0. The second-order valence-electron chi connectivity index (χ2n) is 7.55. The first-order valence-corrected chi connectivity index (χ1v) is 9.83. The minimum atomic E-state index is 0.921. The molecule has 28 heavy (non-hydrogen) atoms. The lowest BCUT2D eigenvalue weighted by Crippen LogP contribution is -1.94. The molecule has 0 fully saturated rings. The van der Waals surface area contributed by atoms with E-state index in [2.05, 4.69) is 92.5 Å². The summed E-state index contributed by atoms with van der Waals surface area (Å²) < 4.78 is 2.21. The highest BCUT2D eigenvalue weighted by Crippen LogP contribution is 2.36. The predicted octanol–water partition coefficient (Wildman–Crippen LogP) is 6.88. The molecule has 0 aliphatic carbocycles. The van der Waals surface area contributed by atoms with Crippen molar-refractivity contribution >= 4 is 11.2 Å². The number of rotatable bonds is 4. The van der Waals surface area contributed by atoms with Crippen molar-refractivity contribution in [2.75, 3.05) is 0 Å². The normalized spacial score (nSPS) is 11.1. The van der Waals surface area contributed by atoms with E-state index < -0.39 is 0 Å². The van der Waals surface area contributed by atoms with Gasteiger partial charge < -0.3 is 4.40 Å². The van der Waals surface area contributed by atoms with E-state index in [9.17, 15) is 0 Å². The summed E-state index contributed by atoms with van der Waals surface area (Å²) in [6.45, 7) is 12.6. The Hall–Kier alpha value is -3.13. The second kappa shape index (κ2) is 7.12. The predicted molar refractivity (Wildman–Crippen MR) is 120 cm³/mol. The van der Waals surface area contributed by atoms with Crippen LogP contribution in [0.25, 0.3) is 33.6 Å². The molecule has 140 valence electrons. The number of imidazole rings is 1. The van der Waals surface area contributed by atoms with Gasteiger partial charge in [-0.3, -0.25) is 0 Å². The first-order chi connectivity index (χ1) is 13.5. The van der Waals surface area contributed by atoms with Crippen LogP contribution in [-0.4, -0.2) is 9.38 Å². The van der Waals surface area contributed by atoms with Gasteiger partial charge in [-0.15, -0.1) is 0 Å². The lowest BCUT2D eigenvalue weighted by molar-refractivity contribution is 0.997. The third-order valence-electron chi connectivity index (χ3n) is 5.41. The zero-order chi connectivity index (χ0) is 19.8. The molecule has 0 unspecified atom stereocenters. The van der Waals surface area contributed by atoms with Gasteiger partial charge in [0.1, 0.15) is 5.65 Å². The lowest BCUT2D eigenvalue weighted by Gasteiger charge is -2.12. The maximum atomic E-state index is 5.05. The molecule has 2 heterocycles. The molecule has 0 amide bonds. The fraction of sp³-hybridized carbons (Fsp3) is 0.192. The molecule has 0 aliphatic heterocycles. The van der Waals surface area contributed by atoms with Crippen molar-refractivity contribution in [3.8, 4) is 22.4 Å². The number of allylic oxidation sites excluding steroid dienone is 1. The first-order valence-electron chi connectivity index (χ1n) is 9.83. The zero-order valence-electron chi connectivity index (χ0n) is 17.1. The monoisotopic (exact) mass is 366 g/mol. The van der Waals surface area contributed by atoms with Gasteiger partial charge in [0, 0.05) is 11.8 Å². The highest BCUT2D eigenvalue weighted by atomic mass is 15.0. The van der Waals surface area contributed by atoms with E-state index in [1.807, 2.05) is 6.92 Å². The third-order valence-corrected chi connectivity index (χ3v) is 5.41. The van der Waals surface area contributed by atoms with Crippen molar-refractivity contribution in [2.24, 2.45) is 0 Å². The maximum Gasteiger partial charge on any atom is 0.138 e. The van der Waals surface area contributed by atoms with Crippen molar-refractivity contribution in [1.29, 1.82) is 0 Å². The number of aromatic nitrogens is 2. The molecule has 0 spiro atoms. The van der Waals surface area contributed by atoms with E-state index in [1.54, 1.807) is 0 Å². The van der Waals surface area contributed by atoms with Crippen molar-refractivity contribution in [1.82, 2.24) is 9.38 Å². The molecule has 0 radical (unpaired) electrons. The number of benzene rings is 2. The summed E-state index contributed by atoms with van der Waals surface area (Å²) in [6.07, 6.45) is 3.04. The number of hydrogen-bond donors (Lipinski definition) is 0. The van der Waals surface area contributed by atoms with Gasteiger partial charge in [0.15, 0.2) is 0 Å². The molecule has 2 heteroatoms. The van der Waals surface area contributed by atoms with Gasteiger partial charge in [-0.2, -0.15) is 0 Å². The number of fused-ring (bicyclic) bond motifs is 1. The van der Waals surface area contributed by atoms with Crippen LogP contribution in [0.5, 0.6) is 0 Å². The SMILES string of the molecule is C=C(C)c1ccn2c(CC)c(-c3ccccc3-c3ccc(C)cc3C)nc2c1. The Morgan fingerprint density at radius 1 is 0.964 bits per heavy atom. The molecule has 2 nitrogen and oxygen atoms in total. The lowest BCUT2D eigenvalue weighted by atomic mass is 9.93. The van der Waals surface area contributed by atoms with Crippen LogP contribution < -0.4 is 0 Å². The van der Waals surface area contributed by atoms with E-state index >= 15 is 0 Å². The Bertz CT molecular complexity index is 1190. The molecule has 0 atom stereocenters. The van der Waals surface area contributed by atoms with Crippen molar-refractivity contribution in [3.63, 3.8) is 0 Å². The van der Waals surface area contributed by atoms with Crippen LogP contribution in [0.3, 0.4) is 0 Å². The molecule has 4 aromatic rings. The average Bonchev–Trinajstić information content (AvgIpc) is 3.05. The van der Waals surface area contributed by atoms with Crippen LogP contribution in [0.2, 0.25) is 0 Å². The van der Waals surface area contributed by atoms with Gasteiger partial charge in [0.2, 0.25) is 0 Å². The van der Waals surface area contributed by atoms with Gasteiger partial charge >= 0.3 is 0 Å². The minimum absolute atomic E-state index is 0.921. The summed E-state index contributed by atoms with van der Waals surface area (Å²) in [5.74, 6) is 0. The van der Waals surface area contributed by atoms with Crippen LogP contribution in [-0.2, 0) is 6.42 Å². The van der Waals surface area contributed by atoms with E-state index in [-0.39, 0.29) is 0 Å². The molecule has 4 rings (SSSR count). The molecule has 0 saturated heterocycles. The fourth-order valence-corrected chi connectivity index (χ4v) is 3.95. The molecular weight excluding hydrogens is 340 g/mol. The Morgan fingerprint density at radius 2 is 1.71 bits per heavy atom. The largest absolute Gasteiger partial charge is 0.303 e. The van der Waals surface area contributed by atoms with Gasteiger partial charge in [0.05, 0.1) is 11.4 Å². The van der Waals surface area contributed by atoms with E-state index in [1.165, 1.54) is 33.5 Å². The Morgan fingerprint density at radius 3 is 2.39 bits per heavy atom. The molecule has 2 aromatic heterocycles. The molecule has 0 bridgehead atoms. The number of aryl methyl sites for hydroxylation is 3. The van der Waals surface area contributed by atoms with E-state index in [0.717, 1.165) is 28.9 Å². The average molecular weight is 367 g/mol. The van der Waals surface area contributed by atoms with Crippen molar-refractivity contribution < 1.29 is 0 Å². The van der Waals surface area contributed by atoms with Crippen molar-refractivity contribution in [3.05, 3.63) is 89.8 Å². The minimum Gasteiger partial charge on any atom is -0.303 e. The third kappa shape index (κ3) is 3.05. The zero-order valence-corrected chi connectivity index (χ0v) is 17.1. The second-order valence-corrected chi connectivity index (χ2v) is 7.55. The summed E-state index contributed by atoms with van der Waals surface area (Å²) in [4.78, 5) is 5.05. The molecule has 0 N–H and O–H groups in total.